The van der Waals surface area contributed by atoms with Gasteiger partial charge in [-0.05, 0) is 55.2 Å². The van der Waals surface area contributed by atoms with E-state index in [0.717, 1.165) is 24.8 Å². The lowest BCUT2D eigenvalue weighted by molar-refractivity contribution is -0.131. The average Bonchev–Trinajstić information content (AvgIpc) is 2.56. The van der Waals surface area contributed by atoms with Crippen LogP contribution in [0.5, 0.6) is 0 Å². The molecule has 3 unspecified atom stereocenters. The van der Waals surface area contributed by atoms with Crippen LogP contribution in [0.4, 0.5) is 0 Å². The van der Waals surface area contributed by atoms with Gasteiger partial charge in [-0.1, -0.05) is 33.6 Å². The van der Waals surface area contributed by atoms with E-state index in [2.05, 4.69) is 18.8 Å². The maximum absolute atomic E-state index is 12.1. The lowest BCUT2D eigenvalue weighted by Crippen LogP contribution is -2.50. The summed E-state index contributed by atoms with van der Waals surface area (Å²) in [6.45, 7) is 9.97. The Bertz CT molecular complexity index is 673. The number of allylic oxidation sites excluding steroid dienone is 3. The number of Topliss-reactive ketones (excluding diaryl/α,β-unsaturated/α-hetero) is 1. The standard InChI is InChI=1S/C19H22O3.C2H6/c1-4-7-19-9-5-13-12(2)14(20)6-8-18(13,3)17(19)10-15(21)16(22)11-19;1-2/h10-13,22H,5-6,8-9H2,1-3H3;1-2H3/t12?,13?,18?,19-;/m0./s1. The van der Waals surface area contributed by atoms with Crippen molar-refractivity contribution >= 4 is 11.6 Å². The summed E-state index contributed by atoms with van der Waals surface area (Å²) in [5, 5.41) is 9.93. The fraction of sp³-hybridized carbons (Fsp3) is 0.619. The van der Waals surface area contributed by atoms with E-state index in [1.807, 2.05) is 20.8 Å². The van der Waals surface area contributed by atoms with Gasteiger partial charge in [-0.15, -0.1) is 5.92 Å². The molecule has 1 N–H and O–H groups in total. The van der Waals surface area contributed by atoms with Crippen molar-refractivity contribution in [2.75, 3.05) is 0 Å². The second kappa shape index (κ2) is 6.59. The van der Waals surface area contributed by atoms with Crippen molar-refractivity contribution in [3.8, 4) is 11.8 Å². The monoisotopic (exact) mass is 328 g/mol. The molecule has 3 heteroatoms. The number of aliphatic hydroxyl groups excluding tert-OH is 1. The summed E-state index contributed by atoms with van der Waals surface area (Å²) in [6.07, 6.45) is 6.22. The Kier molecular flexibility index (Phi) is 5.08. The van der Waals surface area contributed by atoms with E-state index in [1.165, 1.54) is 0 Å². The van der Waals surface area contributed by atoms with Crippen LogP contribution in [-0.2, 0) is 9.59 Å². The predicted octanol–water partition coefficient (Wildman–Crippen LogP) is 4.39. The molecule has 130 valence electrons. The second-order valence-corrected chi connectivity index (χ2v) is 7.12. The highest BCUT2D eigenvalue weighted by atomic mass is 16.3. The van der Waals surface area contributed by atoms with Crippen LogP contribution in [0.25, 0.3) is 0 Å². The van der Waals surface area contributed by atoms with Crippen LogP contribution in [0, 0.1) is 34.5 Å². The van der Waals surface area contributed by atoms with Crippen LogP contribution in [0.3, 0.4) is 0 Å². The Morgan fingerprint density at radius 3 is 2.54 bits per heavy atom. The number of hydrogen-bond donors (Lipinski definition) is 1. The molecule has 0 amide bonds. The lowest BCUT2D eigenvalue weighted by Gasteiger charge is -2.55. The smallest absolute Gasteiger partial charge is 0.219 e. The summed E-state index contributed by atoms with van der Waals surface area (Å²) < 4.78 is 0. The van der Waals surface area contributed by atoms with Gasteiger partial charge >= 0.3 is 0 Å². The van der Waals surface area contributed by atoms with E-state index >= 15 is 0 Å². The number of carbonyl (C=O) groups is 2. The van der Waals surface area contributed by atoms with Crippen LogP contribution in [0.1, 0.15) is 60.3 Å². The molecule has 0 radical (unpaired) electrons. The molecular weight excluding hydrogens is 300 g/mol. The topological polar surface area (TPSA) is 54.4 Å². The first kappa shape index (κ1) is 18.5. The fourth-order valence-corrected chi connectivity index (χ4v) is 4.84. The molecule has 0 heterocycles. The molecule has 0 aliphatic heterocycles. The van der Waals surface area contributed by atoms with E-state index < -0.39 is 5.41 Å². The van der Waals surface area contributed by atoms with Crippen LogP contribution in [0.15, 0.2) is 23.5 Å². The van der Waals surface area contributed by atoms with Crippen molar-refractivity contribution in [1.82, 2.24) is 0 Å². The molecule has 3 nitrogen and oxygen atoms in total. The van der Waals surface area contributed by atoms with E-state index in [9.17, 15) is 14.7 Å². The third kappa shape index (κ3) is 2.62. The highest BCUT2D eigenvalue weighted by molar-refractivity contribution is 6.04. The molecule has 2 fully saturated rings. The highest BCUT2D eigenvalue weighted by Crippen LogP contribution is 2.61. The Hall–Kier alpha value is -1.82. The van der Waals surface area contributed by atoms with Crippen molar-refractivity contribution in [3.05, 3.63) is 23.5 Å². The highest BCUT2D eigenvalue weighted by Gasteiger charge is 2.56. The normalized spacial score (nSPS) is 37.5. The molecule has 0 aromatic heterocycles. The molecule has 0 spiro atoms. The lowest BCUT2D eigenvalue weighted by atomic mass is 9.47. The zero-order valence-corrected chi connectivity index (χ0v) is 15.4. The molecule has 2 saturated carbocycles. The molecule has 3 aliphatic carbocycles. The first-order valence-corrected chi connectivity index (χ1v) is 8.99. The maximum Gasteiger partial charge on any atom is 0.219 e. The van der Waals surface area contributed by atoms with Gasteiger partial charge in [-0.25, -0.2) is 0 Å². The molecule has 0 aromatic rings. The molecule has 0 saturated heterocycles. The van der Waals surface area contributed by atoms with Gasteiger partial charge in [0.05, 0.1) is 5.41 Å². The fourth-order valence-electron chi connectivity index (χ4n) is 4.84. The van der Waals surface area contributed by atoms with Crippen molar-refractivity contribution in [3.63, 3.8) is 0 Å². The Morgan fingerprint density at radius 2 is 1.92 bits per heavy atom. The SMILES string of the molecule is CC.CC#C[C@]12C=C(O)C(=O)C=C1C1(C)CCC(=O)C(C)C1CC2. The number of carbonyl (C=O) groups excluding carboxylic acids is 2. The second-order valence-electron chi connectivity index (χ2n) is 7.12. The van der Waals surface area contributed by atoms with Crippen LogP contribution in [-0.4, -0.2) is 16.7 Å². The summed E-state index contributed by atoms with van der Waals surface area (Å²) in [5.41, 5.74) is 0.271. The molecule has 3 aliphatic rings. The third-order valence-electron chi connectivity index (χ3n) is 6.03. The van der Waals surface area contributed by atoms with Gasteiger partial charge < -0.3 is 5.11 Å². The van der Waals surface area contributed by atoms with Gasteiger partial charge in [0.25, 0.3) is 0 Å². The van der Waals surface area contributed by atoms with Crippen molar-refractivity contribution < 1.29 is 14.7 Å². The van der Waals surface area contributed by atoms with E-state index in [1.54, 1.807) is 19.1 Å². The molecular formula is C21H28O3. The minimum Gasteiger partial charge on any atom is -0.504 e. The van der Waals surface area contributed by atoms with E-state index in [0.29, 0.717) is 12.2 Å². The van der Waals surface area contributed by atoms with Crippen molar-refractivity contribution in [1.29, 1.82) is 0 Å². The zero-order valence-electron chi connectivity index (χ0n) is 15.4. The summed E-state index contributed by atoms with van der Waals surface area (Å²) in [4.78, 5) is 24.2. The zero-order chi connectivity index (χ0) is 18.1. The first-order chi connectivity index (χ1) is 11.3. The average molecular weight is 328 g/mol. The number of aliphatic hydroxyl groups is 1. The quantitative estimate of drug-likeness (QED) is 0.671. The molecule has 0 bridgehead atoms. The summed E-state index contributed by atoms with van der Waals surface area (Å²) in [7, 11) is 0. The van der Waals surface area contributed by atoms with E-state index in [4.69, 9.17) is 0 Å². The van der Waals surface area contributed by atoms with Gasteiger partial charge in [0, 0.05) is 12.3 Å². The van der Waals surface area contributed by atoms with Gasteiger partial charge in [0.1, 0.15) is 5.78 Å². The van der Waals surface area contributed by atoms with E-state index in [-0.39, 0.29) is 28.8 Å². The number of hydrogen-bond acceptors (Lipinski definition) is 3. The summed E-state index contributed by atoms with van der Waals surface area (Å²) in [5.74, 6) is 6.29. The summed E-state index contributed by atoms with van der Waals surface area (Å²) >= 11 is 0. The van der Waals surface area contributed by atoms with Crippen molar-refractivity contribution in [2.24, 2.45) is 22.7 Å². The third-order valence-corrected chi connectivity index (χ3v) is 6.03. The maximum atomic E-state index is 12.1. The van der Waals surface area contributed by atoms with Crippen molar-refractivity contribution in [2.45, 2.75) is 60.3 Å². The molecule has 4 atom stereocenters. The van der Waals surface area contributed by atoms with Gasteiger partial charge in [-0.2, -0.15) is 0 Å². The number of ketones is 2. The van der Waals surface area contributed by atoms with Crippen LogP contribution >= 0.6 is 0 Å². The van der Waals surface area contributed by atoms with Crippen LogP contribution in [0.2, 0.25) is 0 Å². The molecule has 0 aromatic carbocycles. The molecule has 3 rings (SSSR count). The van der Waals surface area contributed by atoms with Gasteiger partial charge in [0.2, 0.25) is 5.78 Å². The first-order valence-electron chi connectivity index (χ1n) is 8.99. The Balaban J connectivity index is 0.00000100. The largest absolute Gasteiger partial charge is 0.504 e. The van der Waals surface area contributed by atoms with Gasteiger partial charge in [0.15, 0.2) is 5.76 Å². The number of fused-ring (bicyclic) bond motifs is 3. The Morgan fingerprint density at radius 1 is 1.25 bits per heavy atom. The summed E-state index contributed by atoms with van der Waals surface area (Å²) in [6, 6.07) is 0. The Labute approximate surface area is 145 Å². The molecule has 24 heavy (non-hydrogen) atoms. The van der Waals surface area contributed by atoms with Crippen LogP contribution < -0.4 is 0 Å². The predicted molar refractivity (Wildman–Crippen MR) is 95.3 cm³/mol. The van der Waals surface area contributed by atoms with Gasteiger partial charge in [-0.3, -0.25) is 9.59 Å². The minimum absolute atomic E-state index is 0.0295. The minimum atomic E-state index is -0.544. The number of rotatable bonds is 0.